The summed E-state index contributed by atoms with van der Waals surface area (Å²) >= 11 is 3.29. The van der Waals surface area contributed by atoms with Gasteiger partial charge in [0.05, 0.1) is 13.1 Å². The molecule has 0 radical (unpaired) electrons. The minimum atomic E-state index is -0.440. The van der Waals surface area contributed by atoms with Gasteiger partial charge >= 0.3 is 0 Å². The number of carbonyl (C=O) groups excluding carboxylic acids is 1. The first-order valence-corrected chi connectivity index (χ1v) is 5.88. The maximum Gasteiger partial charge on any atom is 0.240 e. The summed E-state index contributed by atoms with van der Waals surface area (Å²) in [4.78, 5) is 18.8. The molecule has 3 N–H and O–H groups in total. The highest BCUT2D eigenvalue weighted by molar-refractivity contribution is 9.10. The number of carbonyl (C=O) groups is 1. The van der Waals surface area contributed by atoms with E-state index in [0.717, 1.165) is 4.47 Å². The molecule has 94 valence electrons. The summed E-state index contributed by atoms with van der Waals surface area (Å²) in [6.07, 6.45) is 1.65. The lowest BCUT2D eigenvalue weighted by molar-refractivity contribution is -0.117. The van der Waals surface area contributed by atoms with E-state index >= 15 is 0 Å². The van der Waals surface area contributed by atoms with E-state index in [1.807, 2.05) is 6.07 Å². The van der Waals surface area contributed by atoms with Gasteiger partial charge in [-0.05, 0) is 28.1 Å². The van der Waals surface area contributed by atoms with E-state index in [9.17, 15) is 4.79 Å². The zero-order valence-electron chi connectivity index (χ0n) is 9.26. The van der Waals surface area contributed by atoms with Crippen molar-refractivity contribution < 1.29 is 9.32 Å². The Morgan fingerprint density at radius 1 is 1.50 bits per heavy atom. The quantitative estimate of drug-likeness (QED) is 0.831. The molecule has 2 aromatic rings. The second kappa shape index (κ2) is 5.69. The van der Waals surface area contributed by atoms with Crippen LogP contribution < -0.4 is 11.1 Å². The van der Waals surface area contributed by atoms with Gasteiger partial charge in [0.15, 0.2) is 0 Å². The molecule has 0 atom stereocenters. The smallest absolute Gasteiger partial charge is 0.240 e. The number of hydrogen-bond acceptors (Lipinski definition) is 6. The summed E-state index contributed by atoms with van der Waals surface area (Å²) in [6, 6.07) is 3.61. The van der Waals surface area contributed by atoms with Crippen LogP contribution in [0.4, 0.5) is 0 Å². The number of nitrogens with zero attached hydrogens (tertiary/aromatic N) is 3. The van der Waals surface area contributed by atoms with E-state index in [-0.39, 0.29) is 13.1 Å². The monoisotopic (exact) mass is 311 g/mol. The molecular weight excluding hydrogens is 302 g/mol. The number of aromatic nitrogens is 3. The van der Waals surface area contributed by atoms with Crippen LogP contribution in [-0.4, -0.2) is 27.6 Å². The van der Waals surface area contributed by atoms with Gasteiger partial charge in [-0.25, -0.2) is 0 Å². The minimum absolute atomic E-state index is 0.0637. The highest BCUT2D eigenvalue weighted by atomic mass is 79.9. The molecule has 0 aromatic carbocycles. The lowest BCUT2D eigenvalue weighted by Crippen LogP contribution is -2.28. The predicted molar refractivity (Wildman–Crippen MR) is 66.1 cm³/mol. The predicted octanol–water partition coefficient (Wildman–Crippen LogP) is 0.469. The zero-order chi connectivity index (χ0) is 13.0. The molecule has 0 saturated heterocycles. The summed E-state index contributed by atoms with van der Waals surface area (Å²) in [7, 11) is 0. The van der Waals surface area contributed by atoms with Gasteiger partial charge in [-0.1, -0.05) is 5.16 Å². The first-order valence-electron chi connectivity index (χ1n) is 5.08. The van der Waals surface area contributed by atoms with Crippen molar-refractivity contribution in [3.05, 3.63) is 28.7 Å². The molecule has 0 unspecified atom stereocenters. The number of halogens is 1. The molecule has 0 aliphatic carbocycles. The summed E-state index contributed by atoms with van der Waals surface area (Å²) in [5.74, 6) is 0.332. The molecule has 2 rings (SSSR count). The second-order valence-electron chi connectivity index (χ2n) is 3.44. The number of primary amides is 1. The summed E-state index contributed by atoms with van der Waals surface area (Å²) in [6.45, 7) is 0.348. The van der Waals surface area contributed by atoms with Crippen LogP contribution in [0.2, 0.25) is 0 Å². The van der Waals surface area contributed by atoms with Crippen molar-refractivity contribution in [1.29, 1.82) is 0 Å². The SMILES string of the molecule is NC(=O)CNCc1nc(-c2ccc(Br)cn2)no1. The molecule has 0 aliphatic heterocycles. The third-order valence-corrected chi connectivity index (χ3v) is 2.47. The molecular formula is C10H10BrN5O2. The molecule has 0 bridgehead atoms. The Hall–Kier alpha value is -1.80. The van der Waals surface area contributed by atoms with Gasteiger partial charge in [0, 0.05) is 10.7 Å². The lowest BCUT2D eigenvalue weighted by Gasteiger charge is -1.95. The molecule has 0 fully saturated rings. The Morgan fingerprint density at radius 2 is 2.33 bits per heavy atom. The fraction of sp³-hybridized carbons (Fsp3) is 0.200. The Morgan fingerprint density at radius 3 is 3.00 bits per heavy atom. The van der Waals surface area contributed by atoms with Crippen LogP contribution in [0.5, 0.6) is 0 Å². The first-order chi connectivity index (χ1) is 8.65. The third kappa shape index (κ3) is 3.34. The molecule has 1 amide bonds. The van der Waals surface area contributed by atoms with Crippen LogP contribution in [0.3, 0.4) is 0 Å². The maximum absolute atomic E-state index is 10.5. The highest BCUT2D eigenvalue weighted by Gasteiger charge is 2.09. The molecule has 0 saturated carbocycles. The first kappa shape index (κ1) is 12.7. The summed E-state index contributed by atoms with van der Waals surface area (Å²) < 4.78 is 5.88. The molecule has 7 nitrogen and oxygen atoms in total. The molecule has 2 aromatic heterocycles. The topological polar surface area (TPSA) is 107 Å². The van der Waals surface area contributed by atoms with Gasteiger partial charge in [-0.15, -0.1) is 0 Å². The van der Waals surface area contributed by atoms with E-state index in [4.69, 9.17) is 10.3 Å². The van der Waals surface area contributed by atoms with Gasteiger partial charge < -0.3 is 10.3 Å². The maximum atomic E-state index is 10.5. The standard InChI is InChI=1S/C10H10BrN5O2/c11-6-1-2-7(14-3-6)10-15-9(18-16-10)5-13-4-8(12)17/h1-3,13H,4-5H2,(H2,12,17). The molecule has 0 spiro atoms. The summed E-state index contributed by atoms with van der Waals surface area (Å²) in [5, 5.41) is 6.57. The molecule has 2 heterocycles. The number of amides is 1. The van der Waals surface area contributed by atoms with E-state index < -0.39 is 5.91 Å². The number of nitrogens with two attached hydrogens (primary N) is 1. The molecule has 0 aliphatic rings. The number of nitrogens with one attached hydrogen (secondary N) is 1. The number of hydrogen-bond donors (Lipinski definition) is 2. The van der Waals surface area contributed by atoms with Crippen molar-refractivity contribution in [2.75, 3.05) is 6.54 Å². The van der Waals surface area contributed by atoms with Crippen LogP contribution in [-0.2, 0) is 11.3 Å². The minimum Gasteiger partial charge on any atom is -0.369 e. The largest absolute Gasteiger partial charge is 0.369 e. The van der Waals surface area contributed by atoms with Gasteiger partial charge in [-0.3, -0.25) is 15.1 Å². The third-order valence-electron chi connectivity index (χ3n) is 2.00. The van der Waals surface area contributed by atoms with Crippen molar-refractivity contribution >= 4 is 21.8 Å². The van der Waals surface area contributed by atoms with Crippen molar-refractivity contribution in [3.63, 3.8) is 0 Å². The van der Waals surface area contributed by atoms with Crippen LogP contribution in [0.25, 0.3) is 11.5 Å². The van der Waals surface area contributed by atoms with Crippen molar-refractivity contribution in [2.24, 2.45) is 5.73 Å². The van der Waals surface area contributed by atoms with Crippen LogP contribution in [0.15, 0.2) is 27.3 Å². The van der Waals surface area contributed by atoms with Crippen molar-refractivity contribution in [1.82, 2.24) is 20.4 Å². The lowest BCUT2D eigenvalue weighted by atomic mass is 10.3. The highest BCUT2D eigenvalue weighted by Crippen LogP contribution is 2.15. The van der Waals surface area contributed by atoms with E-state index in [0.29, 0.717) is 17.4 Å². The van der Waals surface area contributed by atoms with Crippen LogP contribution in [0, 0.1) is 0 Å². The Balaban J connectivity index is 2.01. The zero-order valence-corrected chi connectivity index (χ0v) is 10.8. The van der Waals surface area contributed by atoms with Gasteiger partial charge in [-0.2, -0.15) is 4.98 Å². The average molecular weight is 312 g/mol. The van der Waals surface area contributed by atoms with Gasteiger partial charge in [0.25, 0.3) is 0 Å². The van der Waals surface area contributed by atoms with Crippen molar-refractivity contribution in [2.45, 2.75) is 6.54 Å². The Labute approximate surface area is 111 Å². The van der Waals surface area contributed by atoms with Crippen LogP contribution in [0.1, 0.15) is 5.89 Å². The van der Waals surface area contributed by atoms with Gasteiger partial charge in [0.2, 0.25) is 17.6 Å². The number of rotatable bonds is 5. The number of pyridine rings is 1. The average Bonchev–Trinajstić information content (AvgIpc) is 2.78. The van der Waals surface area contributed by atoms with E-state index in [1.165, 1.54) is 0 Å². The fourth-order valence-corrected chi connectivity index (χ4v) is 1.47. The van der Waals surface area contributed by atoms with E-state index in [2.05, 4.69) is 36.4 Å². The van der Waals surface area contributed by atoms with E-state index in [1.54, 1.807) is 12.3 Å². The normalized spacial score (nSPS) is 10.5. The second-order valence-corrected chi connectivity index (χ2v) is 4.36. The Kier molecular flexibility index (Phi) is 4.00. The fourth-order valence-electron chi connectivity index (χ4n) is 1.23. The summed E-state index contributed by atoms with van der Waals surface area (Å²) in [5.41, 5.74) is 5.60. The Bertz CT molecular complexity index is 539. The van der Waals surface area contributed by atoms with Crippen molar-refractivity contribution in [3.8, 4) is 11.5 Å². The molecule has 18 heavy (non-hydrogen) atoms. The molecule has 8 heteroatoms. The van der Waals surface area contributed by atoms with Crippen LogP contribution >= 0.6 is 15.9 Å². The van der Waals surface area contributed by atoms with Gasteiger partial charge in [0.1, 0.15) is 5.69 Å².